The van der Waals surface area contributed by atoms with E-state index in [0.717, 1.165) is 0 Å². The third-order valence-corrected chi connectivity index (χ3v) is 2.62. The van der Waals surface area contributed by atoms with Crippen LogP contribution in [0, 0.1) is 0 Å². The number of carboxylic acids is 1. The minimum atomic E-state index is -1.28. The Morgan fingerprint density at radius 1 is 1.56 bits per heavy atom. The number of alkyl halides is 1. The van der Waals surface area contributed by atoms with Crippen molar-refractivity contribution in [1.29, 1.82) is 0 Å². The van der Waals surface area contributed by atoms with E-state index in [-0.39, 0.29) is 23.5 Å². The van der Waals surface area contributed by atoms with Crippen LogP contribution in [0.2, 0.25) is 0 Å². The topological polar surface area (TPSA) is 83.6 Å². The summed E-state index contributed by atoms with van der Waals surface area (Å²) in [6.07, 6.45) is 0. The molecule has 0 aliphatic heterocycles. The molecule has 4 nitrogen and oxygen atoms in total. The minimum absolute atomic E-state index is 0. The lowest BCUT2D eigenvalue weighted by atomic mass is 10.0. The molecule has 16 heavy (non-hydrogen) atoms. The van der Waals surface area contributed by atoms with E-state index in [9.17, 15) is 14.3 Å². The molecule has 0 unspecified atom stereocenters. The van der Waals surface area contributed by atoms with Crippen molar-refractivity contribution in [2.75, 3.05) is 6.67 Å². The monoisotopic (exact) mass is 313 g/mol. The van der Waals surface area contributed by atoms with E-state index < -0.39 is 24.4 Å². The first kappa shape index (κ1) is 15.2. The molecule has 0 saturated heterocycles. The maximum Gasteiger partial charge on any atom is 0.339 e. The Kier molecular flexibility index (Phi) is 5.71. The van der Waals surface area contributed by atoms with Crippen molar-refractivity contribution >= 4 is 34.3 Å². The molecule has 0 aliphatic carbocycles. The summed E-state index contributed by atoms with van der Waals surface area (Å²) in [6.45, 7) is -0.880. The number of phenols is 1. The maximum atomic E-state index is 12.4. The minimum Gasteiger partial charge on any atom is -0.507 e. The van der Waals surface area contributed by atoms with Crippen LogP contribution < -0.4 is 5.73 Å². The zero-order chi connectivity index (χ0) is 11.6. The van der Waals surface area contributed by atoms with Crippen LogP contribution in [0.5, 0.6) is 5.75 Å². The molecule has 4 N–H and O–H groups in total. The van der Waals surface area contributed by atoms with Crippen LogP contribution in [0.1, 0.15) is 22.0 Å². The Balaban J connectivity index is 0.00000225. The van der Waals surface area contributed by atoms with Crippen molar-refractivity contribution in [1.82, 2.24) is 0 Å². The Labute approximate surface area is 106 Å². The largest absolute Gasteiger partial charge is 0.507 e. The number of aromatic hydroxyl groups is 1. The van der Waals surface area contributed by atoms with Crippen LogP contribution in [0.25, 0.3) is 0 Å². The molecule has 0 fully saturated rings. The number of halogens is 3. The smallest absolute Gasteiger partial charge is 0.339 e. The molecule has 0 saturated carbocycles. The van der Waals surface area contributed by atoms with Crippen LogP contribution in [-0.4, -0.2) is 22.9 Å². The van der Waals surface area contributed by atoms with Gasteiger partial charge in [-0.05, 0) is 12.1 Å². The first-order valence-electron chi connectivity index (χ1n) is 4.05. The van der Waals surface area contributed by atoms with Gasteiger partial charge in [-0.15, -0.1) is 12.4 Å². The lowest BCUT2D eigenvalue weighted by Gasteiger charge is -2.13. The van der Waals surface area contributed by atoms with E-state index in [4.69, 9.17) is 10.8 Å². The van der Waals surface area contributed by atoms with Gasteiger partial charge in [-0.3, -0.25) is 0 Å². The van der Waals surface area contributed by atoms with Crippen LogP contribution in [-0.2, 0) is 0 Å². The van der Waals surface area contributed by atoms with Gasteiger partial charge in [0.1, 0.15) is 18.0 Å². The molecule has 1 atom stereocenters. The van der Waals surface area contributed by atoms with Crippen LogP contribution >= 0.6 is 28.3 Å². The van der Waals surface area contributed by atoms with E-state index in [1.165, 1.54) is 12.1 Å². The number of hydrogen-bond donors (Lipinski definition) is 3. The zero-order valence-electron chi connectivity index (χ0n) is 7.98. The van der Waals surface area contributed by atoms with Crippen LogP contribution in [0.3, 0.4) is 0 Å². The quantitative estimate of drug-likeness (QED) is 0.799. The second kappa shape index (κ2) is 6.03. The van der Waals surface area contributed by atoms with Gasteiger partial charge in [0, 0.05) is 10.0 Å². The van der Waals surface area contributed by atoms with Crippen molar-refractivity contribution in [2.24, 2.45) is 5.73 Å². The molecule has 1 aromatic rings. The number of carboxylic acid groups (broad SMARTS) is 1. The molecule has 1 rings (SSSR count). The highest BCUT2D eigenvalue weighted by Gasteiger charge is 2.20. The molecule has 7 heteroatoms. The average molecular weight is 315 g/mol. The molecule has 90 valence electrons. The Hall–Kier alpha value is -0.850. The fourth-order valence-corrected chi connectivity index (χ4v) is 1.80. The SMILES string of the molecule is Cl.N[C@H](CF)c1c(Br)ccc(C(=O)O)c1O. The van der Waals surface area contributed by atoms with Gasteiger partial charge in [0.15, 0.2) is 0 Å². The summed E-state index contributed by atoms with van der Waals surface area (Å²) in [6, 6.07) is 1.59. The van der Waals surface area contributed by atoms with Crippen molar-refractivity contribution in [3.8, 4) is 5.75 Å². The van der Waals surface area contributed by atoms with Crippen molar-refractivity contribution in [3.63, 3.8) is 0 Å². The molecule has 0 radical (unpaired) electrons. The third kappa shape index (κ3) is 2.84. The molecule has 0 spiro atoms. The highest BCUT2D eigenvalue weighted by Crippen LogP contribution is 2.33. The summed E-state index contributed by atoms with van der Waals surface area (Å²) in [5.74, 6) is -1.78. The number of aromatic carboxylic acids is 1. The fraction of sp³-hybridized carbons (Fsp3) is 0.222. The number of benzene rings is 1. The number of hydrogen-bond acceptors (Lipinski definition) is 3. The molecule has 1 aromatic carbocycles. The van der Waals surface area contributed by atoms with E-state index in [2.05, 4.69) is 15.9 Å². The summed E-state index contributed by atoms with van der Waals surface area (Å²) >= 11 is 3.07. The molecule has 0 amide bonds. The predicted octanol–water partition coefficient (Wildman–Crippen LogP) is 2.24. The molecular weight excluding hydrogens is 304 g/mol. The number of carbonyl (C=O) groups is 1. The lowest BCUT2D eigenvalue weighted by molar-refractivity contribution is 0.0693. The van der Waals surface area contributed by atoms with Crippen molar-refractivity contribution < 1.29 is 19.4 Å². The third-order valence-electron chi connectivity index (χ3n) is 1.93. The number of rotatable bonds is 3. The Bertz CT molecular complexity index is 403. The van der Waals surface area contributed by atoms with Gasteiger partial charge in [-0.1, -0.05) is 15.9 Å². The second-order valence-electron chi connectivity index (χ2n) is 2.92. The van der Waals surface area contributed by atoms with Crippen molar-refractivity contribution in [2.45, 2.75) is 6.04 Å². The predicted molar refractivity (Wildman–Crippen MR) is 62.9 cm³/mol. The van der Waals surface area contributed by atoms with Gasteiger partial charge in [-0.25, -0.2) is 9.18 Å². The van der Waals surface area contributed by atoms with Crippen molar-refractivity contribution in [3.05, 3.63) is 27.7 Å². The summed E-state index contributed by atoms with van der Waals surface area (Å²) < 4.78 is 12.7. The van der Waals surface area contributed by atoms with Gasteiger partial charge in [0.25, 0.3) is 0 Å². The normalized spacial score (nSPS) is 11.7. The molecule has 0 aliphatic rings. The van der Waals surface area contributed by atoms with Gasteiger partial charge in [-0.2, -0.15) is 0 Å². The molecule has 0 heterocycles. The van der Waals surface area contributed by atoms with Crippen LogP contribution in [0.4, 0.5) is 4.39 Å². The van der Waals surface area contributed by atoms with Gasteiger partial charge in [0.05, 0.1) is 6.04 Å². The zero-order valence-corrected chi connectivity index (χ0v) is 10.4. The fourth-order valence-electron chi connectivity index (χ4n) is 1.19. The lowest BCUT2D eigenvalue weighted by Crippen LogP contribution is -2.14. The average Bonchev–Trinajstić information content (AvgIpc) is 2.16. The van der Waals surface area contributed by atoms with E-state index in [0.29, 0.717) is 4.47 Å². The highest BCUT2D eigenvalue weighted by atomic mass is 79.9. The molecular formula is C9H10BrClFNO3. The summed E-state index contributed by atoms with van der Waals surface area (Å²) in [7, 11) is 0. The molecule has 0 aromatic heterocycles. The van der Waals surface area contributed by atoms with Gasteiger partial charge in [0.2, 0.25) is 0 Å². The second-order valence-corrected chi connectivity index (χ2v) is 3.78. The van der Waals surface area contributed by atoms with E-state index in [1.54, 1.807) is 0 Å². The summed E-state index contributed by atoms with van der Waals surface area (Å²) in [5.41, 5.74) is 5.18. The van der Waals surface area contributed by atoms with Gasteiger partial charge < -0.3 is 15.9 Å². The highest BCUT2D eigenvalue weighted by molar-refractivity contribution is 9.10. The summed E-state index contributed by atoms with van der Waals surface area (Å²) in [5, 5.41) is 18.3. The number of nitrogens with two attached hydrogens (primary N) is 1. The first-order chi connectivity index (χ1) is 6.99. The van der Waals surface area contributed by atoms with E-state index in [1.807, 2.05) is 0 Å². The van der Waals surface area contributed by atoms with Crippen LogP contribution in [0.15, 0.2) is 16.6 Å². The molecule has 0 bridgehead atoms. The summed E-state index contributed by atoms with van der Waals surface area (Å²) in [4.78, 5) is 10.7. The Morgan fingerprint density at radius 3 is 2.56 bits per heavy atom. The first-order valence-corrected chi connectivity index (χ1v) is 4.84. The maximum absolute atomic E-state index is 12.4. The Morgan fingerprint density at radius 2 is 2.12 bits per heavy atom. The van der Waals surface area contributed by atoms with Gasteiger partial charge >= 0.3 is 5.97 Å². The van der Waals surface area contributed by atoms with E-state index >= 15 is 0 Å². The standard InChI is InChI=1S/C9H9BrFNO3.ClH/c10-5-2-1-4(9(14)15)8(13)7(5)6(12)3-11;/h1-2,6,13H,3,12H2,(H,14,15);1H/t6-;/m1./s1.